The number of hydrogen-bond donors (Lipinski definition) is 1. The molecule has 1 aliphatic heterocycles. The molecule has 2 aromatic heterocycles. The zero-order valence-corrected chi connectivity index (χ0v) is 12.4. The molecule has 5 nitrogen and oxygen atoms in total. The Labute approximate surface area is 124 Å². The summed E-state index contributed by atoms with van der Waals surface area (Å²) < 4.78 is 0. The summed E-state index contributed by atoms with van der Waals surface area (Å²) in [5, 5.41) is 10.3. The third-order valence-electron chi connectivity index (χ3n) is 3.95. The predicted molar refractivity (Wildman–Crippen MR) is 81.2 cm³/mol. The van der Waals surface area contributed by atoms with Crippen LogP contribution in [0.4, 0.5) is 5.82 Å². The molecule has 1 saturated heterocycles. The Bertz CT molecular complexity index is 617. The van der Waals surface area contributed by atoms with Crippen LogP contribution < -0.4 is 4.90 Å². The Morgan fingerprint density at radius 2 is 2.10 bits per heavy atom. The summed E-state index contributed by atoms with van der Waals surface area (Å²) in [6.07, 6.45) is 4.01. The highest BCUT2D eigenvalue weighted by molar-refractivity contribution is 5.45. The summed E-state index contributed by atoms with van der Waals surface area (Å²) in [5.74, 6) is 1.07. The normalized spacial score (nSPS) is 21.8. The average molecular weight is 284 g/mol. The maximum atomic E-state index is 10.3. The smallest absolute Gasteiger partial charge is 0.150 e. The van der Waals surface area contributed by atoms with Crippen molar-refractivity contribution in [2.24, 2.45) is 5.92 Å². The van der Waals surface area contributed by atoms with Crippen molar-refractivity contribution in [1.82, 2.24) is 15.0 Å². The molecule has 0 spiro atoms. The van der Waals surface area contributed by atoms with Gasteiger partial charge in [0.1, 0.15) is 5.82 Å². The van der Waals surface area contributed by atoms with Crippen LogP contribution in [-0.4, -0.2) is 39.3 Å². The van der Waals surface area contributed by atoms with Gasteiger partial charge in [-0.05, 0) is 32.4 Å². The molecule has 21 heavy (non-hydrogen) atoms. The van der Waals surface area contributed by atoms with Gasteiger partial charge in [0.05, 0.1) is 17.5 Å². The van der Waals surface area contributed by atoms with E-state index in [4.69, 9.17) is 0 Å². The van der Waals surface area contributed by atoms with E-state index in [0.717, 1.165) is 35.9 Å². The number of β-amino-alcohol motifs (C(OH)–C–C–N with tert-alkyl or cyclic N) is 1. The van der Waals surface area contributed by atoms with Gasteiger partial charge < -0.3 is 10.0 Å². The van der Waals surface area contributed by atoms with Gasteiger partial charge in [-0.15, -0.1) is 0 Å². The molecule has 0 aromatic carbocycles. The Kier molecular flexibility index (Phi) is 3.84. The summed E-state index contributed by atoms with van der Waals surface area (Å²) in [5.41, 5.74) is 2.83. The summed E-state index contributed by atoms with van der Waals surface area (Å²) in [4.78, 5) is 15.4. The van der Waals surface area contributed by atoms with Gasteiger partial charge in [-0.1, -0.05) is 6.07 Å². The quantitative estimate of drug-likeness (QED) is 0.926. The zero-order chi connectivity index (χ0) is 14.8. The first-order valence-corrected chi connectivity index (χ1v) is 7.26. The molecule has 1 N–H and O–H groups in total. The lowest BCUT2D eigenvalue weighted by Crippen LogP contribution is -2.23. The summed E-state index contributed by atoms with van der Waals surface area (Å²) in [6.45, 7) is 5.29. The highest BCUT2D eigenvalue weighted by atomic mass is 16.3. The van der Waals surface area contributed by atoms with Crippen LogP contribution in [0.15, 0.2) is 30.6 Å². The molecule has 3 rings (SSSR count). The molecule has 0 aliphatic carbocycles. The Morgan fingerprint density at radius 1 is 1.24 bits per heavy atom. The van der Waals surface area contributed by atoms with Gasteiger partial charge in [-0.2, -0.15) is 0 Å². The number of aliphatic hydroxyl groups is 1. The minimum atomic E-state index is -0.353. The van der Waals surface area contributed by atoms with Crippen LogP contribution in [0.1, 0.15) is 17.1 Å². The van der Waals surface area contributed by atoms with Crippen LogP contribution in [0.3, 0.4) is 0 Å². The topological polar surface area (TPSA) is 62.1 Å². The SMILES string of the molecule is Cc1cnc(C)c(N2C[C@@H](Cc3ccccn3)[C@H](O)C2)n1. The molecule has 0 bridgehead atoms. The van der Waals surface area contributed by atoms with Crippen molar-refractivity contribution in [2.45, 2.75) is 26.4 Å². The second-order valence-corrected chi connectivity index (χ2v) is 5.68. The van der Waals surface area contributed by atoms with Crippen molar-refractivity contribution in [3.63, 3.8) is 0 Å². The fourth-order valence-electron chi connectivity index (χ4n) is 2.84. The van der Waals surface area contributed by atoms with Gasteiger partial charge in [0, 0.05) is 37.1 Å². The number of rotatable bonds is 3. The number of nitrogens with zero attached hydrogens (tertiary/aromatic N) is 4. The molecule has 0 saturated carbocycles. The van der Waals surface area contributed by atoms with E-state index in [0.29, 0.717) is 6.54 Å². The number of aromatic nitrogens is 3. The number of pyridine rings is 1. The zero-order valence-electron chi connectivity index (χ0n) is 12.4. The predicted octanol–water partition coefficient (Wildman–Crippen LogP) is 1.53. The van der Waals surface area contributed by atoms with Crippen molar-refractivity contribution in [3.8, 4) is 0 Å². The van der Waals surface area contributed by atoms with Gasteiger partial charge >= 0.3 is 0 Å². The van der Waals surface area contributed by atoms with E-state index in [9.17, 15) is 5.11 Å². The van der Waals surface area contributed by atoms with Gasteiger partial charge in [-0.3, -0.25) is 9.97 Å². The minimum Gasteiger partial charge on any atom is -0.391 e. The highest BCUT2D eigenvalue weighted by Crippen LogP contribution is 2.26. The molecule has 0 radical (unpaired) electrons. The van der Waals surface area contributed by atoms with Crippen LogP contribution in [0, 0.1) is 19.8 Å². The van der Waals surface area contributed by atoms with E-state index in [1.165, 1.54) is 0 Å². The fraction of sp³-hybridized carbons (Fsp3) is 0.438. The van der Waals surface area contributed by atoms with Crippen LogP contribution in [0.2, 0.25) is 0 Å². The molecule has 5 heteroatoms. The molecular weight excluding hydrogens is 264 g/mol. The maximum absolute atomic E-state index is 10.3. The van der Waals surface area contributed by atoms with Crippen molar-refractivity contribution >= 4 is 5.82 Å². The third kappa shape index (κ3) is 3.03. The van der Waals surface area contributed by atoms with Crippen molar-refractivity contribution < 1.29 is 5.11 Å². The molecule has 3 heterocycles. The second kappa shape index (κ2) is 5.77. The van der Waals surface area contributed by atoms with Crippen molar-refractivity contribution in [2.75, 3.05) is 18.0 Å². The molecule has 0 unspecified atom stereocenters. The van der Waals surface area contributed by atoms with E-state index in [2.05, 4.69) is 19.9 Å². The highest BCUT2D eigenvalue weighted by Gasteiger charge is 2.33. The first kappa shape index (κ1) is 13.9. The first-order chi connectivity index (χ1) is 10.1. The molecule has 1 aliphatic rings. The maximum Gasteiger partial charge on any atom is 0.150 e. The van der Waals surface area contributed by atoms with E-state index in [-0.39, 0.29) is 12.0 Å². The van der Waals surface area contributed by atoms with Gasteiger partial charge in [0.25, 0.3) is 0 Å². The third-order valence-corrected chi connectivity index (χ3v) is 3.95. The Balaban J connectivity index is 1.75. The standard InChI is InChI=1S/C16H20N4O/c1-11-8-18-12(2)16(19-11)20-9-13(15(21)10-20)7-14-5-3-4-6-17-14/h3-6,8,13,15,21H,7,9-10H2,1-2H3/t13-,15-/m1/s1. The van der Waals surface area contributed by atoms with E-state index >= 15 is 0 Å². The second-order valence-electron chi connectivity index (χ2n) is 5.68. The van der Waals surface area contributed by atoms with E-state index in [1.54, 1.807) is 12.4 Å². The monoisotopic (exact) mass is 284 g/mol. The molecule has 2 atom stereocenters. The number of anilines is 1. The van der Waals surface area contributed by atoms with Gasteiger partial charge in [-0.25, -0.2) is 4.98 Å². The average Bonchev–Trinajstić information content (AvgIpc) is 2.84. The van der Waals surface area contributed by atoms with Crippen LogP contribution in [-0.2, 0) is 6.42 Å². The van der Waals surface area contributed by atoms with Gasteiger partial charge in [0.2, 0.25) is 0 Å². The van der Waals surface area contributed by atoms with Crippen LogP contribution in [0.25, 0.3) is 0 Å². The lowest BCUT2D eigenvalue weighted by atomic mass is 10.00. The molecule has 0 amide bonds. The Hall–Kier alpha value is -2.01. The largest absolute Gasteiger partial charge is 0.391 e. The van der Waals surface area contributed by atoms with Gasteiger partial charge in [0.15, 0.2) is 0 Å². The number of aliphatic hydroxyl groups excluding tert-OH is 1. The Morgan fingerprint density at radius 3 is 2.86 bits per heavy atom. The van der Waals surface area contributed by atoms with Crippen LogP contribution in [0.5, 0.6) is 0 Å². The number of aryl methyl sites for hydroxylation is 2. The minimum absolute atomic E-state index is 0.182. The van der Waals surface area contributed by atoms with Crippen molar-refractivity contribution in [1.29, 1.82) is 0 Å². The molecule has 1 fully saturated rings. The van der Waals surface area contributed by atoms with E-state index < -0.39 is 0 Å². The lowest BCUT2D eigenvalue weighted by Gasteiger charge is -2.19. The fourth-order valence-corrected chi connectivity index (χ4v) is 2.84. The first-order valence-electron chi connectivity index (χ1n) is 7.26. The van der Waals surface area contributed by atoms with Crippen molar-refractivity contribution in [3.05, 3.63) is 47.7 Å². The number of hydrogen-bond acceptors (Lipinski definition) is 5. The molecule has 2 aromatic rings. The summed E-state index contributed by atoms with van der Waals surface area (Å²) in [7, 11) is 0. The molecule has 110 valence electrons. The van der Waals surface area contributed by atoms with Crippen LogP contribution >= 0.6 is 0 Å². The summed E-state index contributed by atoms with van der Waals surface area (Å²) in [6, 6.07) is 5.90. The summed E-state index contributed by atoms with van der Waals surface area (Å²) >= 11 is 0. The van der Waals surface area contributed by atoms with E-state index in [1.807, 2.05) is 32.0 Å². The molecular formula is C16H20N4O. The lowest BCUT2D eigenvalue weighted by molar-refractivity contribution is 0.148.